The monoisotopic (exact) mass is 584 g/mol. The number of carbonyl (C=O) groups is 2. The van der Waals surface area contributed by atoms with Crippen molar-refractivity contribution in [2.75, 3.05) is 13.2 Å². The minimum Gasteiger partial charge on any atom is -0.489 e. The number of rotatable bonds is 11. The van der Waals surface area contributed by atoms with E-state index in [2.05, 4.69) is 0 Å². The highest BCUT2D eigenvalue weighted by atomic mass is 35.5. The molecular formula is C30H27Cl2FN2O5. The molecule has 3 N–H and O–H groups in total. The van der Waals surface area contributed by atoms with E-state index in [0.29, 0.717) is 12.3 Å². The quantitative estimate of drug-likeness (QED) is 0.189. The molecule has 0 bridgehead atoms. The number of carbonyl (C=O) groups excluding carboxylic acids is 1. The molecular weight excluding hydrogens is 558 g/mol. The third-order valence-corrected chi connectivity index (χ3v) is 6.76. The molecule has 1 aromatic heterocycles. The van der Waals surface area contributed by atoms with Crippen LogP contribution in [-0.4, -0.2) is 34.6 Å². The second-order valence-electron chi connectivity index (χ2n) is 9.47. The van der Waals surface area contributed by atoms with E-state index in [4.69, 9.17) is 38.4 Å². The molecule has 0 saturated carbocycles. The topological polar surface area (TPSA) is 104 Å². The predicted octanol–water partition coefficient (Wildman–Crippen LogP) is 6.73. The van der Waals surface area contributed by atoms with Crippen LogP contribution in [0.4, 0.5) is 4.39 Å². The zero-order chi connectivity index (χ0) is 29.0. The molecule has 0 fully saturated rings. The molecule has 0 atom stereocenters. The first kappa shape index (κ1) is 29.0. The van der Waals surface area contributed by atoms with Gasteiger partial charge in [-0.3, -0.25) is 4.79 Å². The van der Waals surface area contributed by atoms with Gasteiger partial charge in [0.1, 0.15) is 24.8 Å². The molecule has 0 aliphatic carbocycles. The Labute approximate surface area is 240 Å². The standard InChI is InChI=1S/C30H27Cl2FN2O5/c1-17(2)28(36)23(26(34)16-40-29-24(31)12-21(33)13-25(29)32)15-39-22-6-7-27-19(11-22)8-9-35(27)14-18-4-3-5-20(10-18)30(37)38/h3-13,17H,14-16,34H2,1-2H3,(H,37,38)/b26-23-. The maximum absolute atomic E-state index is 13.5. The Morgan fingerprint density at radius 3 is 2.40 bits per heavy atom. The van der Waals surface area contributed by atoms with Gasteiger partial charge in [0.15, 0.2) is 11.5 Å². The van der Waals surface area contributed by atoms with Crippen molar-refractivity contribution in [1.82, 2.24) is 4.57 Å². The van der Waals surface area contributed by atoms with Crippen LogP contribution in [0.5, 0.6) is 11.5 Å². The van der Waals surface area contributed by atoms with Gasteiger partial charge in [-0.15, -0.1) is 0 Å². The largest absolute Gasteiger partial charge is 0.489 e. The minimum atomic E-state index is -0.972. The summed E-state index contributed by atoms with van der Waals surface area (Å²) in [5.74, 6) is -1.52. The van der Waals surface area contributed by atoms with E-state index in [-0.39, 0.29) is 57.5 Å². The lowest BCUT2D eigenvalue weighted by atomic mass is 10.00. The lowest BCUT2D eigenvalue weighted by Gasteiger charge is -2.16. The third kappa shape index (κ3) is 6.76. The molecule has 7 nitrogen and oxygen atoms in total. The number of benzene rings is 3. The van der Waals surface area contributed by atoms with E-state index in [9.17, 15) is 19.1 Å². The fraction of sp³-hybridized carbons (Fsp3) is 0.200. The average molecular weight is 585 g/mol. The van der Waals surface area contributed by atoms with Gasteiger partial charge in [0.25, 0.3) is 0 Å². The van der Waals surface area contributed by atoms with Gasteiger partial charge >= 0.3 is 5.97 Å². The van der Waals surface area contributed by atoms with Gasteiger partial charge in [-0.05, 0) is 54.1 Å². The number of aromatic nitrogens is 1. The number of Topliss-reactive ketones (excluding diaryl/α,β-unsaturated/α-hetero) is 1. The van der Waals surface area contributed by atoms with Gasteiger partial charge in [0, 0.05) is 29.6 Å². The summed E-state index contributed by atoms with van der Waals surface area (Å²) in [6, 6.07) is 16.4. The molecule has 1 heterocycles. The van der Waals surface area contributed by atoms with Crippen molar-refractivity contribution in [3.05, 3.63) is 105 Å². The molecule has 40 heavy (non-hydrogen) atoms. The summed E-state index contributed by atoms with van der Waals surface area (Å²) >= 11 is 12.1. The second kappa shape index (κ2) is 12.4. The number of aromatic carboxylic acids is 1. The third-order valence-electron chi connectivity index (χ3n) is 6.20. The Bertz CT molecular complexity index is 1590. The number of nitrogens with zero attached hydrogens (tertiary/aromatic N) is 1. The van der Waals surface area contributed by atoms with E-state index < -0.39 is 11.8 Å². The minimum absolute atomic E-state index is 0.0133. The van der Waals surface area contributed by atoms with E-state index in [1.54, 1.807) is 38.1 Å². The molecule has 0 radical (unpaired) electrons. The van der Waals surface area contributed by atoms with Crippen LogP contribution in [-0.2, 0) is 11.3 Å². The smallest absolute Gasteiger partial charge is 0.335 e. The predicted molar refractivity (Wildman–Crippen MR) is 153 cm³/mol. The molecule has 0 saturated heterocycles. The highest BCUT2D eigenvalue weighted by Crippen LogP contribution is 2.34. The summed E-state index contributed by atoms with van der Waals surface area (Å²) in [7, 11) is 0. The van der Waals surface area contributed by atoms with Crippen molar-refractivity contribution in [1.29, 1.82) is 0 Å². The lowest BCUT2D eigenvalue weighted by Crippen LogP contribution is -2.24. The number of hydrogen-bond donors (Lipinski definition) is 2. The van der Waals surface area contributed by atoms with Crippen LogP contribution in [0.2, 0.25) is 10.0 Å². The van der Waals surface area contributed by atoms with Crippen molar-refractivity contribution in [3.8, 4) is 11.5 Å². The molecule has 0 unspecified atom stereocenters. The number of carboxylic acid groups (broad SMARTS) is 1. The SMILES string of the molecule is CC(C)C(=O)/C(COc1ccc2c(ccn2Cc2cccc(C(=O)O)c2)c1)=C(\N)COc1c(Cl)cc(F)cc1Cl. The normalized spacial score (nSPS) is 11.9. The average Bonchev–Trinajstić information content (AvgIpc) is 3.29. The maximum Gasteiger partial charge on any atom is 0.335 e. The Hall–Kier alpha value is -4.01. The van der Waals surface area contributed by atoms with Crippen LogP contribution in [0.1, 0.15) is 29.8 Å². The van der Waals surface area contributed by atoms with Gasteiger partial charge in [-0.2, -0.15) is 0 Å². The molecule has 3 aromatic carbocycles. The molecule has 10 heteroatoms. The van der Waals surface area contributed by atoms with Crippen LogP contribution >= 0.6 is 23.2 Å². The van der Waals surface area contributed by atoms with Gasteiger partial charge in [0.05, 0.1) is 26.9 Å². The molecule has 208 valence electrons. The Morgan fingerprint density at radius 2 is 1.73 bits per heavy atom. The van der Waals surface area contributed by atoms with Crippen LogP contribution in [0.3, 0.4) is 0 Å². The van der Waals surface area contributed by atoms with Gasteiger partial charge < -0.3 is 24.9 Å². The van der Waals surface area contributed by atoms with Crippen LogP contribution in [0.15, 0.2) is 78.1 Å². The molecule has 4 rings (SSSR count). The summed E-state index contributed by atoms with van der Waals surface area (Å²) in [6.07, 6.45) is 1.91. The molecule has 0 spiro atoms. The Morgan fingerprint density at radius 1 is 1.00 bits per heavy atom. The fourth-order valence-electron chi connectivity index (χ4n) is 4.14. The number of halogens is 3. The van der Waals surface area contributed by atoms with E-state index in [0.717, 1.165) is 28.6 Å². The van der Waals surface area contributed by atoms with E-state index in [1.165, 1.54) is 0 Å². The van der Waals surface area contributed by atoms with Gasteiger partial charge in [-0.25, -0.2) is 9.18 Å². The zero-order valence-electron chi connectivity index (χ0n) is 21.8. The first-order valence-electron chi connectivity index (χ1n) is 12.4. The number of hydrogen-bond acceptors (Lipinski definition) is 5. The first-order valence-corrected chi connectivity index (χ1v) is 13.1. The van der Waals surface area contributed by atoms with Crippen molar-refractivity contribution in [2.24, 2.45) is 11.7 Å². The number of ketones is 1. The van der Waals surface area contributed by atoms with Crippen molar-refractivity contribution in [3.63, 3.8) is 0 Å². The highest BCUT2D eigenvalue weighted by Gasteiger charge is 2.20. The highest BCUT2D eigenvalue weighted by molar-refractivity contribution is 6.37. The van der Waals surface area contributed by atoms with E-state index >= 15 is 0 Å². The van der Waals surface area contributed by atoms with Crippen LogP contribution in [0.25, 0.3) is 10.9 Å². The van der Waals surface area contributed by atoms with Crippen molar-refractivity contribution < 1.29 is 28.6 Å². The molecule has 0 aliphatic heterocycles. The summed E-state index contributed by atoms with van der Waals surface area (Å²) < 4.78 is 27.1. The Balaban J connectivity index is 1.50. The number of nitrogens with two attached hydrogens (primary N) is 1. The summed E-state index contributed by atoms with van der Waals surface area (Å²) in [5.41, 5.74) is 8.67. The van der Waals surface area contributed by atoms with Crippen LogP contribution < -0.4 is 15.2 Å². The van der Waals surface area contributed by atoms with Crippen molar-refractivity contribution in [2.45, 2.75) is 20.4 Å². The molecule has 0 aliphatic rings. The first-order chi connectivity index (χ1) is 19.0. The number of carboxylic acids is 1. The Kier molecular flexibility index (Phi) is 9.02. The molecule has 4 aromatic rings. The second-order valence-corrected chi connectivity index (χ2v) is 10.3. The van der Waals surface area contributed by atoms with Crippen LogP contribution in [0, 0.1) is 11.7 Å². The molecule has 0 amide bonds. The van der Waals surface area contributed by atoms with Gasteiger partial charge in [0.2, 0.25) is 0 Å². The summed E-state index contributed by atoms with van der Waals surface area (Å²) in [6.45, 7) is 3.72. The maximum atomic E-state index is 13.5. The number of fused-ring (bicyclic) bond motifs is 1. The summed E-state index contributed by atoms with van der Waals surface area (Å²) in [5, 5.41) is 10.1. The summed E-state index contributed by atoms with van der Waals surface area (Å²) in [4.78, 5) is 24.2. The fourth-order valence-corrected chi connectivity index (χ4v) is 4.70. The zero-order valence-corrected chi connectivity index (χ0v) is 23.3. The van der Waals surface area contributed by atoms with Crippen molar-refractivity contribution >= 4 is 45.9 Å². The van der Waals surface area contributed by atoms with Gasteiger partial charge in [-0.1, -0.05) is 49.2 Å². The lowest BCUT2D eigenvalue weighted by molar-refractivity contribution is -0.118. The van der Waals surface area contributed by atoms with E-state index in [1.807, 2.05) is 35.0 Å². The number of ether oxygens (including phenoxy) is 2.